The molecule has 7 heteroatoms. The highest BCUT2D eigenvalue weighted by Crippen LogP contribution is 2.38. The molecule has 1 amide bonds. The number of amides is 1. The van der Waals surface area contributed by atoms with Crippen LogP contribution in [-0.2, 0) is 4.74 Å². The Labute approximate surface area is 182 Å². The second-order valence-corrected chi connectivity index (χ2v) is 7.18. The molecule has 2 aromatic carbocycles. The van der Waals surface area contributed by atoms with E-state index in [2.05, 4.69) is 10.3 Å². The third-order valence-electron chi connectivity index (χ3n) is 4.92. The van der Waals surface area contributed by atoms with E-state index in [4.69, 9.17) is 18.9 Å². The van der Waals surface area contributed by atoms with Gasteiger partial charge in [0, 0.05) is 23.3 Å². The molecule has 3 rings (SSSR count). The molecule has 0 unspecified atom stereocenters. The third kappa shape index (κ3) is 5.17. The smallest absolute Gasteiger partial charge is 0.411 e. The number of ether oxygens (including phenoxy) is 4. The number of aryl methyl sites for hydroxylation is 2. The van der Waals surface area contributed by atoms with E-state index in [0.29, 0.717) is 35.3 Å². The van der Waals surface area contributed by atoms with E-state index in [1.807, 2.05) is 45.0 Å². The summed E-state index contributed by atoms with van der Waals surface area (Å²) in [5.41, 5.74) is 3.17. The Morgan fingerprint density at radius 1 is 0.968 bits per heavy atom. The molecule has 0 fully saturated rings. The van der Waals surface area contributed by atoms with Crippen molar-refractivity contribution in [3.63, 3.8) is 0 Å². The van der Waals surface area contributed by atoms with Gasteiger partial charge in [-0.1, -0.05) is 13.3 Å². The Morgan fingerprint density at radius 2 is 1.71 bits per heavy atom. The van der Waals surface area contributed by atoms with Gasteiger partial charge in [0.15, 0.2) is 11.5 Å². The standard InChI is InChI=1S/C24H28N2O5/c1-6-7-10-30-24(27)26-18-11-16(3)21(12-15(18)2)31-20-8-9-25-19-14-23(29-5)22(28-4)13-17(19)20/h8-9,11-14H,6-7,10H2,1-5H3,(H,26,27). The van der Waals surface area contributed by atoms with E-state index in [0.717, 1.165) is 34.9 Å². The first kappa shape index (κ1) is 22.2. The van der Waals surface area contributed by atoms with Crippen LogP contribution in [0.1, 0.15) is 30.9 Å². The number of carbonyl (C=O) groups is 1. The minimum atomic E-state index is -0.453. The quantitative estimate of drug-likeness (QED) is 0.446. The number of fused-ring (bicyclic) bond motifs is 1. The Bertz CT molecular complexity index is 1080. The van der Waals surface area contributed by atoms with Gasteiger partial charge in [-0.15, -0.1) is 0 Å². The number of anilines is 1. The number of aromatic nitrogens is 1. The SMILES string of the molecule is CCCCOC(=O)Nc1cc(C)c(Oc2ccnc3cc(OC)c(OC)cc23)cc1C. The lowest BCUT2D eigenvalue weighted by Gasteiger charge is -2.16. The van der Waals surface area contributed by atoms with Gasteiger partial charge in [0.25, 0.3) is 0 Å². The maximum atomic E-state index is 12.0. The van der Waals surface area contributed by atoms with E-state index < -0.39 is 6.09 Å². The van der Waals surface area contributed by atoms with Gasteiger partial charge >= 0.3 is 6.09 Å². The Morgan fingerprint density at radius 3 is 2.42 bits per heavy atom. The first-order chi connectivity index (χ1) is 15.0. The molecule has 0 bridgehead atoms. The molecule has 7 nitrogen and oxygen atoms in total. The molecule has 31 heavy (non-hydrogen) atoms. The number of nitrogens with one attached hydrogen (secondary N) is 1. The van der Waals surface area contributed by atoms with Crippen LogP contribution >= 0.6 is 0 Å². The minimum Gasteiger partial charge on any atom is -0.493 e. The van der Waals surface area contributed by atoms with Crippen molar-refractivity contribution < 1.29 is 23.7 Å². The highest BCUT2D eigenvalue weighted by Gasteiger charge is 2.14. The van der Waals surface area contributed by atoms with Crippen LogP contribution < -0.4 is 19.5 Å². The molecule has 1 aromatic heterocycles. The molecular weight excluding hydrogens is 396 g/mol. The number of unbranched alkanes of at least 4 members (excludes halogenated alkanes) is 1. The van der Waals surface area contributed by atoms with E-state index in [9.17, 15) is 4.79 Å². The zero-order chi connectivity index (χ0) is 22.4. The Hall–Kier alpha value is -3.48. The lowest BCUT2D eigenvalue weighted by Crippen LogP contribution is -2.15. The van der Waals surface area contributed by atoms with Crippen molar-refractivity contribution in [1.29, 1.82) is 0 Å². The van der Waals surface area contributed by atoms with Crippen LogP contribution in [0.3, 0.4) is 0 Å². The number of nitrogens with zero attached hydrogens (tertiary/aromatic N) is 1. The number of hydrogen-bond acceptors (Lipinski definition) is 6. The lowest BCUT2D eigenvalue weighted by molar-refractivity contribution is 0.160. The molecule has 0 spiro atoms. The van der Waals surface area contributed by atoms with E-state index in [1.165, 1.54) is 0 Å². The van der Waals surface area contributed by atoms with Crippen molar-refractivity contribution >= 4 is 22.7 Å². The van der Waals surface area contributed by atoms with Crippen LogP contribution in [0, 0.1) is 13.8 Å². The number of methoxy groups -OCH3 is 2. The van der Waals surface area contributed by atoms with Gasteiger partial charge in [0.2, 0.25) is 0 Å². The van der Waals surface area contributed by atoms with Crippen LogP contribution in [0.4, 0.5) is 10.5 Å². The van der Waals surface area contributed by atoms with Gasteiger partial charge in [0.05, 0.1) is 26.3 Å². The molecule has 0 aliphatic heterocycles. The summed E-state index contributed by atoms with van der Waals surface area (Å²) < 4.78 is 22.2. The maximum absolute atomic E-state index is 12.0. The van der Waals surface area contributed by atoms with Crippen LogP contribution in [0.5, 0.6) is 23.0 Å². The highest BCUT2D eigenvalue weighted by molar-refractivity contribution is 5.89. The van der Waals surface area contributed by atoms with Gasteiger partial charge in [-0.25, -0.2) is 4.79 Å². The molecule has 0 aliphatic rings. The van der Waals surface area contributed by atoms with E-state index in [-0.39, 0.29) is 0 Å². The molecule has 0 saturated carbocycles. The summed E-state index contributed by atoms with van der Waals surface area (Å²) in [6.45, 7) is 6.29. The normalized spacial score (nSPS) is 10.6. The summed E-state index contributed by atoms with van der Waals surface area (Å²) in [6.07, 6.45) is 3.05. The van der Waals surface area contributed by atoms with Gasteiger partial charge in [0.1, 0.15) is 11.5 Å². The lowest BCUT2D eigenvalue weighted by atomic mass is 10.1. The van der Waals surface area contributed by atoms with Crippen molar-refractivity contribution in [3.05, 3.63) is 47.7 Å². The van der Waals surface area contributed by atoms with Crippen molar-refractivity contribution in [2.45, 2.75) is 33.6 Å². The molecule has 0 radical (unpaired) electrons. The fourth-order valence-electron chi connectivity index (χ4n) is 3.14. The third-order valence-corrected chi connectivity index (χ3v) is 4.92. The molecule has 0 saturated heterocycles. The fourth-order valence-corrected chi connectivity index (χ4v) is 3.14. The molecule has 0 atom stereocenters. The predicted molar refractivity (Wildman–Crippen MR) is 121 cm³/mol. The van der Waals surface area contributed by atoms with Crippen LogP contribution in [0.15, 0.2) is 36.5 Å². The summed E-state index contributed by atoms with van der Waals surface area (Å²) in [5.74, 6) is 2.53. The zero-order valence-electron chi connectivity index (χ0n) is 18.6. The molecular formula is C24H28N2O5. The maximum Gasteiger partial charge on any atom is 0.411 e. The minimum absolute atomic E-state index is 0.408. The van der Waals surface area contributed by atoms with Crippen molar-refractivity contribution in [2.24, 2.45) is 0 Å². The summed E-state index contributed by atoms with van der Waals surface area (Å²) in [7, 11) is 3.18. The van der Waals surface area contributed by atoms with Gasteiger partial charge in [-0.3, -0.25) is 10.3 Å². The summed E-state index contributed by atoms with van der Waals surface area (Å²) in [6, 6.07) is 9.24. The van der Waals surface area contributed by atoms with Gasteiger partial charge < -0.3 is 18.9 Å². The van der Waals surface area contributed by atoms with Gasteiger partial charge in [-0.05, 0) is 55.7 Å². The molecule has 1 N–H and O–H groups in total. The topological polar surface area (TPSA) is 78.9 Å². The average Bonchev–Trinajstić information content (AvgIpc) is 2.76. The number of benzene rings is 2. The summed E-state index contributed by atoms with van der Waals surface area (Å²) >= 11 is 0. The molecule has 3 aromatic rings. The molecule has 164 valence electrons. The van der Waals surface area contributed by atoms with E-state index in [1.54, 1.807) is 26.5 Å². The number of rotatable bonds is 8. The van der Waals surface area contributed by atoms with Crippen LogP contribution in [0.2, 0.25) is 0 Å². The van der Waals surface area contributed by atoms with Crippen LogP contribution in [0.25, 0.3) is 10.9 Å². The largest absolute Gasteiger partial charge is 0.493 e. The highest BCUT2D eigenvalue weighted by atomic mass is 16.5. The molecule has 1 heterocycles. The number of carbonyl (C=O) groups excluding carboxylic acids is 1. The van der Waals surface area contributed by atoms with Crippen LogP contribution in [-0.4, -0.2) is 31.9 Å². The summed E-state index contributed by atoms with van der Waals surface area (Å²) in [5, 5.41) is 3.61. The van der Waals surface area contributed by atoms with Crippen molar-refractivity contribution in [1.82, 2.24) is 4.98 Å². The monoisotopic (exact) mass is 424 g/mol. The van der Waals surface area contributed by atoms with E-state index >= 15 is 0 Å². The Kier molecular flexibility index (Phi) is 7.18. The second kappa shape index (κ2) is 10.0. The van der Waals surface area contributed by atoms with Crippen molar-refractivity contribution in [2.75, 3.05) is 26.1 Å². The number of hydrogen-bond donors (Lipinski definition) is 1. The first-order valence-electron chi connectivity index (χ1n) is 10.2. The number of pyridine rings is 1. The zero-order valence-corrected chi connectivity index (χ0v) is 18.6. The molecule has 0 aliphatic carbocycles. The Balaban J connectivity index is 1.87. The second-order valence-electron chi connectivity index (χ2n) is 7.18. The summed E-state index contributed by atoms with van der Waals surface area (Å²) in [4.78, 5) is 16.4. The fraction of sp³-hybridized carbons (Fsp3) is 0.333. The van der Waals surface area contributed by atoms with Crippen molar-refractivity contribution in [3.8, 4) is 23.0 Å². The average molecular weight is 424 g/mol. The van der Waals surface area contributed by atoms with Gasteiger partial charge in [-0.2, -0.15) is 0 Å². The first-order valence-corrected chi connectivity index (χ1v) is 10.2. The predicted octanol–water partition coefficient (Wildman–Crippen LogP) is 6.01.